The minimum Gasteiger partial charge on any atom is -0.393 e. The van der Waals surface area contributed by atoms with Gasteiger partial charge in [0.2, 0.25) is 0 Å². The van der Waals surface area contributed by atoms with E-state index in [1.807, 2.05) is 6.92 Å². The van der Waals surface area contributed by atoms with Crippen molar-refractivity contribution in [2.75, 3.05) is 0 Å². The molecule has 4 fully saturated rings. The zero-order chi connectivity index (χ0) is 23.8. The second-order valence-electron chi connectivity index (χ2n) is 12.4. The van der Waals surface area contributed by atoms with Crippen molar-refractivity contribution in [3.05, 3.63) is 11.6 Å². The van der Waals surface area contributed by atoms with Gasteiger partial charge < -0.3 is 29.9 Å². The van der Waals surface area contributed by atoms with Gasteiger partial charge in [0.15, 0.2) is 6.29 Å². The van der Waals surface area contributed by atoms with Crippen molar-refractivity contribution in [3.8, 4) is 0 Å². The van der Waals surface area contributed by atoms with Gasteiger partial charge in [-0.25, -0.2) is 0 Å². The highest BCUT2D eigenvalue weighted by atomic mass is 16.7. The third-order valence-corrected chi connectivity index (χ3v) is 10.9. The standard InChI is InChI=1S/C27H44O6/c1-15(28)19-9-12-27(31)21-6-5-17-13-18(33-23-14-22(29)24(30)16(2)32-23)7-10-25(17,3)20(21)8-11-26(19,27)4/h5,15-16,18-24,28-31H,6-14H2,1-4H3/t15-,16+,18-,19+,20+,21+,22-,23+,24+,25-,26+,27-/m0/s1. The molecular formula is C27H44O6. The van der Waals surface area contributed by atoms with E-state index in [9.17, 15) is 20.4 Å². The molecule has 4 N–H and O–H groups in total. The summed E-state index contributed by atoms with van der Waals surface area (Å²) in [6.45, 7) is 8.30. The molecule has 0 spiro atoms. The zero-order valence-corrected chi connectivity index (χ0v) is 20.7. The van der Waals surface area contributed by atoms with Crippen LogP contribution in [0.1, 0.15) is 85.5 Å². The van der Waals surface area contributed by atoms with Crippen LogP contribution < -0.4 is 0 Å². The number of allylic oxidation sites excluding steroid dienone is 1. The Morgan fingerprint density at radius 3 is 2.55 bits per heavy atom. The highest BCUT2D eigenvalue weighted by molar-refractivity contribution is 5.28. The molecule has 0 aromatic rings. The third-order valence-electron chi connectivity index (χ3n) is 10.9. The topological polar surface area (TPSA) is 99.4 Å². The number of fused-ring (bicyclic) bond motifs is 5. The molecule has 1 saturated heterocycles. The summed E-state index contributed by atoms with van der Waals surface area (Å²) in [6.07, 6.45) is 7.37. The Morgan fingerprint density at radius 1 is 1.09 bits per heavy atom. The zero-order valence-electron chi connectivity index (χ0n) is 20.7. The van der Waals surface area contributed by atoms with Gasteiger partial charge in [-0.05, 0) is 88.4 Å². The molecule has 0 aromatic heterocycles. The summed E-state index contributed by atoms with van der Waals surface area (Å²) in [7, 11) is 0. The maximum absolute atomic E-state index is 12.1. The first kappa shape index (κ1) is 24.2. The molecule has 0 radical (unpaired) electrons. The molecule has 0 unspecified atom stereocenters. The van der Waals surface area contributed by atoms with E-state index in [1.165, 1.54) is 5.57 Å². The molecule has 0 aromatic carbocycles. The Hall–Kier alpha value is -0.500. The second-order valence-corrected chi connectivity index (χ2v) is 12.4. The van der Waals surface area contributed by atoms with E-state index in [-0.39, 0.29) is 34.9 Å². The first-order chi connectivity index (χ1) is 15.5. The second kappa shape index (κ2) is 8.28. The molecule has 3 saturated carbocycles. The Bertz CT molecular complexity index is 771. The van der Waals surface area contributed by atoms with Gasteiger partial charge in [-0.3, -0.25) is 0 Å². The first-order valence-electron chi connectivity index (χ1n) is 13.3. The lowest BCUT2D eigenvalue weighted by atomic mass is 9.45. The quantitative estimate of drug-likeness (QED) is 0.479. The summed E-state index contributed by atoms with van der Waals surface area (Å²) in [5.74, 6) is 0.898. The smallest absolute Gasteiger partial charge is 0.161 e. The van der Waals surface area contributed by atoms with Gasteiger partial charge in [-0.15, -0.1) is 0 Å². The lowest BCUT2D eigenvalue weighted by Crippen LogP contribution is -2.61. The SMILES string of the molecule is C[C@H](O)[C@H]1CC[C@]2(O)[C@@H]3CC=C4C[C@@H](O[C@@H]5C[C@H](O)[C@H](O)[C@@H](C)O5)CC[C@]4(C)[C@@H]3CC[C@]12C. The lowest BCUT2D eigenvalue weighted by molar-refractivity contribution is -0.262. The van der Waals surface area contributed by atoms with Gasteiger partial charge >= 0.3 is 0 Å². The number of aliphatic hydroxyl groups is 4. The molecule has 4 aliphatic carbocycles. The van der Waals surface area contributed by atoms with E-state index in [0.29, 0.717) is 12.3 Å². The number of aliphatic hydroxyl groups excluding tert-OH is 3. The predicted molar refractivity (Wildman–Crippen MR) is 124 cm³/mol. The number of ether oxygens (including phenoxy) is 2. The van der Waals surface area contributed by atoms with Gasteiger partial charge in [0.1, 0.15) is 6.10 Å². The van der Waals surface area contributed by atoms with Gasteiger partial charge in [-0.2, -0.15) is 0 Å². The molecule has 12 atom stereocenters. The van der Waals surface area contributed by atoms with Crippen LogP contribution in [0.4, 0.5) is 0 Å². The molecule has 188 valence electrons. The largest absolute Gasteiger partial charge is 0.393 e. The van der Waals surface area contributed by atoms with Crippen molar-refractivity contribution in [1.82, 2.24) is 0 Å². The van der Waals surface area contributed by atoms with Crippen LogP contribution in [0.3, 0.4) is 0 Å². The van der Waals surface area contributed by atoms with Crippen LogP contribution in [0.2, 0.25) is 0 Å². The summed E-state index contributed by atoms with van der Waals surface area (Å²) in [5, 5.41) is 42.6. The highest BCUT2D eigenvalue weighted by Gasteiger charge is 2.66. The van der Waals surface area contributed by atoms with Crippen LogP contribution in [-0.2, 0) is 9.47 Å². The van der Waals surface area contributed by atoms with E-state index in [1.54, 1.807) is 6.92 Å². The van der Waals surface area contributed by atoms with Crippen molar-refractivity contribution in [3.63, 3.8) is 0 Å². The molecule has 6 nitrogen and oxygen atoms in total. The monoisotopic (exact) mass is 464 g/mol. The number of hydrogen-bond acceptors (Lipinski definition) is 6. The van der Waals surface area contributed by atoms with Gasteiger partial charge in [-0.1, -0.05) is 25.5 Å². The fourth-order valence-electron chi connectivity index (χ4n) is 8.85. The molecule has 5 aliphatic rings. The van der Waals surface area contributed by atoms with E-state index in [2.05, 4.69) is 19.9 Å². The molecule has 33 heavy (non-hydrogen) atoms. The summed E-state index contributed by atoms with van der Waals surface area (Å²) < 4.78 is 12.1. The van der Waals surface area contributed by atoms with E-state index >= 15 is 0 Å². The molecular weight excluding hydrogens is 420 g/mol. The normalized spacial score (nSPS) is 55.2. The number of rotatable bonds is 3. The van der Waals surface area contributed by atoms with Crippen molar-refractivity contribution in [2.24, 2.45) is 28.6 Å². The van der Waals surface area contributed by atoms with Crippen LogP contribution >= 0.6 is 0 Å². The minimum atomic E-state index is -0.857. The summed E-state index contributed by atoms with van der Waals surface area (Å²) in [4.78, 5) is 0. The van der Waals surface area contributed by atoms with Crippen molar-refractivity contribution in [1.29, 1.82) is 0 Å². The summed E-state index contributed by atoms with van der Waals surface area (Å²) >= 11 is 0. The van der Waals surface area contributed by atoms with Crippen molar-refractivity contribution < 1.29 is 29.9 Å². The molecule has 5 rings (SSSR count). The average Bonchev–Trinajstić information content (AvgIpc) is 3.04. The minimum absolute atomic E-state index is 0.0589. The Balaban J connectivity index is 1.31. The van der Waals surface area contributed by atoms with Crippen LogP contribution in [0.5, 0.6) is 0 Å². The molecule has 1 heterocycles. The third kappa shape index (κ3) is 3.58. The van der Waals surface area contributed by atoms with Gasteiger partial charge in [0.05, 0.1) is 30.0 Å². The average molecular weight is 465 g/mol. The Kier molecular flexibility index (Phi) is 6.07. The van der Waals surface area contributed by atoms with E-state index < -0.39 is 30.2 Å². The number of hydrogen-bond donors (Lipinski definition) is 4. The summed E-state index contributed by atoms with van der Waals surface area (Å²) in [6, 6.07) is 0. The lowest BCUT2D eigenvalue weighted by Gasteiger charge is -2.61. The van der Waals surface area contributed by atoms with Gasteiger partial charge in [0.25, 0.3) is 0 Å². The Morgan fingerprint density at radius 2 is 1.85 bits per heavy atom. The van der Waals surface area contributed by atoms with Gasteiger partial charge in [0, 0.05) is 11.8 Å². The predicted octanol–water partition coefficient (Wildman–Crippen LogP) is 3.30. The Labute approximate surface area is 198 Å². The van der Waals surface area contributed by atoms with Crippen molar-refractivity contribution in [2.45, 2.75) is 128 Å². The summed E-state index contributed by atoms with van der Waals surface area (Å²) in [5.41, 5.74) is 0.643. The fourth-order valence-corrected chi connectivity index (χ4v) is 8.85. The van der Waals surface area contributed by atoms with Crippen LogP contribution in [0, 0.1) is 28.6 Å². The van der Waals surface area contributed by atoms with Crippen LogP contribution in [0.15, 0.2) is 11.6 Å². The first-order valence-corrected chi connectivity index (χ1v) is 13.3. The van der Waals surface area contributed by atoms with Crippen molar-refractivity contribution >= 4 is 0 Å². The van der Waals surface area contributed by atoms with E-state index in [4.69, 9.17) is 9.47 Å². The highest BCUT2D eigenvalue weighted by Crippen LogP contribution is 2.68. The maximum atomic E-state index is 12.1. The molecule has 0 bridgehead atoms. The molecule has 0 amide bonds. The molecule has 1 aliphatic heterocycles. The van der Waals surface area contributed by atoms with Crippen LogP contribution in [0.25, 0.3) is 0 Å². The van der Waals surface area contributed by atoms with Crippen LogP contribution in [-0.4, -0.2) is 62.8 Å². The maximum Gasteiger partial charge on any atom is 0.161 e. The van der Waals surface area contributed by atoms with E-state index in [0.717, 1.165) is 51.4 Å². The molecule has 6 heteroatoms. The fraction of sp³-hybridized carbons (Fsp3) is 0.926.